The molecular weight excluding hydrogens is 238 g/mol. The average molecular weight is 259 g/mol. The smallest absolute Gasteiger partial charge is 0.111 e. The molecule has 0 aliphatic heterocycles. The zero-order valence-corrected chi connectivity index (χ0v) is 11.8. The van der Waals surface area contributed by atoms with Crippen LogP contribution in [-0.4, -0.2) is 19.6 Å². The number of pyridine rings is 1. The molecule has 19 heavy (non-hydrogen) atoms. The highest BCUT2D eigenvalue weighted by molar-refractivity contribution is 5.25. The van der Waals surface area contributed by atoms with E-state index >= 15 is 0 Å². The summed E-state index contributed by atoms with van der Waals surface area (Å²) in [6.45, 7) is 7.05. The molecule has 2 rings (SSSR count). The van der Waals surface area contributed by atoms with Gasteiger partial charge in [0, 0.05) is 31.6 Å². The van der Waals surface area contributed by atoms with Gasteiger partial charge < -0.3 is 9.67 Å². The Kier molecular flexibility index (Phi) is 4.32. The lowest BCUT2D eigenvalue weighted by molar-refractivity contribution is 0.169. The van der Waals surface area contributed by atoms with Crippen LogP contribution >= 0.6 is 0 Å². The SMILES string of the molecule is CCCn1ccnc1CC(O)c1ncc(C)cc1C. The molecule has 4 nitrogen and oxygen atoms in total. The molecule has 0 amide bonds. The van der Waals surface area contributed by atoms with Gasteiger partial charge in [0.25, 0.3) is 0 Å². The zero-order chi connectivity index (χ0) is 13.8. The maximum Gasteiger partial charge on any atom is 0.111 e. The summed E-state index contributed by atoms with van der Waals surface area (Å²) in [5, 5.41) is 10.3. The Bertz CT molecular complexity index is 548. The van der Waals surface area contributed by atoms with Crippen LogP contribution in [0.25, 0.3) is 0 Å². The van der Waals surface area contributed by atoms with Crippen LogP contribution in [-0.2, 0) is 13.0 Å². The highest BCUT2D eigenvalue weighted by atomic mass is 16.3. The first-order valence-corrected chi connectivity index (χ1v) is 6.73. The standard InChI is InChI=1S/C15H21N3O/c1-4-6-18-7-5-16-14(18)9-13(19)15-12(3)8-11(2)10-17-15/h5,7-8,10,13,19H,4,6,9H2,1-3H3. The summed E-state index contributed by atoms with van der Waals surface area (Å²) in [6, 6.07) is 2.05. The van der Waals surface area contributed by atoms with Crippen molar-refractivity contribution in [2.75, 3.05) is 0 Å². The van der Waals surface area contributed by atoms with Crippen molar-refractivity contribution in [1.82, 2.24) is 14.5 Å². The molecule has 1 atom stereocenters. The molecule has 0 bridgehead atoms. The summed E-state index contributed by atoms with van der Waals surface area (Å²) < 4.78 is 2.09. The Balaban J connectivity index is 2.16. The van der Waals surface area contributed by atoms with E-state index in [-0.39, 0.29) is 0 Å². The molecule has 102 valence electrons. The highest BCUT2D eigenvalue weighted by Gasteiger charge is 2.15. The minimum atomic E-state index is -0.599. The van der Waals surface area contributed by atoms with Gasteiger partial charge in [-0.3, -0.25) is 4.98 Å². The number of aromatic nitrogens is 3. The summed E-state index contributed by atoms with van der Waals surface area (Å²) >= 11 is 0. The molecule has 2 heterocycles. The van der Waals surface area contributed by atoms with Crippen molar-refractivity contribution < 1.29 is 5.11 Å². The molecule has 0 fully saturated rings. The van der Waals surface area contributed by atoms with Gasteiger partial charge in [0.2, 0.25) is 0 Å². The Morgan fingerprint density at radius 1 is 1.32 bits per heavy atom. The molecule has 1 unspecified atom stereocenters. The van der Waals surface area contributed by atoms with Gasteiger partial charge >= 0.3 is 0 Å². The summed E-state index contributed by atoms with van der Waals surface area (Å²) in [7, 11) is 0. The van der Waals surface area contributed by atoms with Crippen LogP contribution in [0.3, 0.4) is 0 Å². The number of hydrogen-bond donors (Lipinski definition) is 1. The second-order valence-electron chi connectivity index (χ2n) is 4.97. The average Bonchev–Trinajstić information content (AvgIpc) is 2.77. The van der Waals surface area contributed by atoms with E-state index in [4.69, 9.17) is 0 Å². The molecule has 0 saturated heterocycles. The summed E-state index contributed by atoms with van der Waals surface area (Å²) in [5.41, 5.74) is 2.89. The number of rotatable bonds is 5. The molecule has 2 aromatic heterocycles. The quantitative estimate of drug-likeness (QED) is 0.898. The van der Waals surface area contributed by atoms with Gasteiger partial charge in [0.05, 0.1) is 5.69 Å². The second kappa shape index (κ2) is 5.97. The van der Waals surface area contributed by atoms with Crippen molar-refractivity contribution in [3.63, 3.8) is 0 Å². The Labute approximate surface area is 114 Å². The maximum absolute atomic E-state index is 10.3. The summed E-state index contributed by atoms with van der Waals surface area (Å²) in [5.74, 6) is 0.913. The molecular formula is C15H21N3O. The molecule has 0 radical (unpaired) electrons. The van der Waals surface area contributed by atoms with Crippen LogP contribution in [0.15, 0.2) is 24.7 Å². The molecule has 0 spiro atoms. The van der Waals surface area contributed by atoms with Gasteiger partial charge in [-0.05, 0) is 31.4 Å². The van der Waals surface area contributed by atoms with E-state index in [1.54, 1.807) is 12.4 Å². The van der Waals surface area contributed by atoms with Crippen LogP contribution < -0.4 is 0 Å². The normalized spacial score (nSPS) is 12.6. The lowest BCUT2D eigenvalue weighted by atomic mass is 10.1. The van der Waals surface area contributed by atoms with Gasteiger partial charge in [-0.25, -0.2) is 4.98 Å². The first-order chi connectivity index (χ1) is 9.11. The van der Waals surface area contributed by atoms with E-state index in [0.29, 0.717) is 6.42 Å². The van der Waals surface area contributed by atoms with E-state index in [1.165, 1.54) is 0 Å². The Hall–Kier alpha value is -1.68. The zero-order valence-electron chi connectivity index (χ0n) is 11.8. The maximum atomic E-state index is 10.3. The van der Waals surface area contributed by atoms with Crippen molar-refractivity contribution >= 4 is 0 Å². The molecule has 0 aromatic carbocycles. The van der Waals surface area contributed by atoms with E-state index in [0.717, 1.165) is 35.6 Å². The third kappa shape index (κ3) is 3.20. The van der Waals surface area contributed by atoms with Crippen LogP contribution in [0.4, 0.5) is 0 Å². The Morgan fingerprint density at radius 3 is 2.79 bits per heavy atom. The van der Waals surface area contributed by atoms with Crippen LogP contribution in [0, 0.1) is 13.8 Å². The minimum absolute atomic E-state index is 0.504. The van der Waals surface area contributed by atoms with E-state index < -0.39 is 6.10 Å². The molecule has 0 aliphatic carbocycles. The minimum Gasteiger partial charge on any atom is -0.386 e. The largest absolute Gasteiger partial charge is 0.386 e. The van der Waals surface area contributed by atoms with Crippen LogP contribution in [0.1, 0.15) is 42.1 Å². The fraction of sp³-hybridized carbons (Fsp3) is 0.467. The van der Waals surface area contributed by atoms with Gasteiger partial charge in [-0.1, -0.05) is 13.0 Å². The number of nitrogens with zero attached hydrogens (tertiary/aromatic N) is 3. The number of aliphatic hydroxyl groups excluding tert-OH is 1. The lowest BCUT2D eigenvalue weighted by Crippen LogP contribution is -2.11. The topological polar surface area (TPSA) is 50.9 Å². The number of imidazole rings is 1. The number of aryl methyl sites for hydroxylation is 3. The first-order valence-electron chi connectivity index (χ1n) is 6.73. The van der Waals surface area contributed by atoms with Crippen molar-refractivity contribution in [2.45, 2.75) is 46.3 Å². The van der Waals surface area contributed by atoms with Crippen LogP contribution in [0.5, 0.6) is 0 Å². The molecule has 4 heteroatoms. The van der Waals surface area contributed by atoms with E-state index in [1.807, 2.05) is 26.1 Å². The number of hydrogen-bond acceptors (Lipinski definition) is 3. The third-order valence-electron chi connectivity index (χ3n) is 3.21. The predicted molar refractivity (Wildman–Crippen MR) is 74.9 cm³/mol. The molecule has 2 aromatic rings. The summed E-state index contributed by atoms with van der Waals surface area (Å²) in [4.78, 5) is 8.67. The fourth-order valence-electron chi connectivity index (χ4n) is 2.32. The van der Waals surface area contributed by atoms with Crippen molar-refractivity contribution in [3.8, 4) is 0 Å². The van der Waals surface area contributed by atoms with Gasteiger partial charge in [0.15, 0.2) is 0 Å². The molecule has 0 saturated carbocycles. The first kappa shape index (κ1) is 13.7. The van der Waals surface area contributed by atoms with E-state index in [2.05, 4.69) is 21.5 Å². The van der Waals surface area contributed by atoms with Gasteiger partial charge in [-0.15, -0.1) is 0 Å². The highest BCUT2D eigenvalue weighted by Crippen LogP contribution is 2.19. The van der Waals surface area contributed by atoms with Crippen molar-refractivity contribution in [2.24, 2.45) is 0 Å². The Morgan fingerprint density at radius 2 is 2.11 bits per heavy atom. The van der Waals surface area contributed by atoms with Gasteiger partial charge in [0.1, 0.15) is 11.9 Å². The van der Waals surface area contributed by atoms with Crippen LogP contribution in [0.2, 0.25) is 0 Å². The fourth-order valence-corrected chi connectivity index (χ4v) is 2.32. The molecule has 1 N–H and O–H groups in total. The summed E-state index contributed by atoms with van der Waals surface area (Å²) in [6.07, 6.45) is 6.50. The monoisotopic (exact) mass is 259 g/mol. The lowest BCUT2D eigenvalue weighted by Gasteiger charge is -2.14. The third-order valence-corrected chi connectivity index (χ3v) is 3.21. The predicted octanol–water partition coefficient (Wildman–Crippen LogP) is 2.58. The molecule has 0 aliphatic rings. The second-order valence-corrected chi connectivity index (χ2v) is 4.97. The van der Waals surface area contributed by atoms with Crippen molar-refractivity contribution in [3.05, 3.63) is 47.3 Å². The van der Waals surface area contributed by atoms with Crippen molar-refractivity contribution in [1.29, 1.82) is 0 Å². The van der Waals surface area contributed by atoms with Gasteiger partial charge in [-0.2, -0.15) is 0 Å². The number of aliphatic hydroxyl groups is 1. The van der Waals surface area contributed by atoms with E-state index in [9.17, 15) is 5.11 Å².